The molecule has 2 unspecified atom stereocenters. The lowest BCUT2D eigenvalue weighted by Crippen LogP contribution is -2.65. The van der Waals surface area contributed by atoms with Crippen LogP contribution in [0.3, 0.4) is 0 Å². The van der Waals surface area contributed by atoms with Gasteiger partial charge >= 0.3 is 0 Å². The van der Waals surface area contributed by atoms with Gasteiger partial charge in [-0.25, -0.2) is 0 Å². The minimum absolute atomic E-state index is 0.0669. The Balaban J connectivity index is 1.49. The zero-order valence-corrected chi connectivity index (χ0v) is 20.7. The van der Waals surface area contributed by atoms with Crippen LogP contribution in [-0.2, 0) is 11.3 Å². The van der Waals surface area contributed by atoms with E-state index in [1.165, 1.54) is 12.8 Å². The number of hydrogen-bond acceptors (Lipinski definition) is 3. The Labute approximate surface area is 207 Å². The third kappa shape index (κ3) is 4.54. The Morgan fingerprint density at radius 1 is 1.03 bits per heavy atom. The van der Waals surface area contributed by atoms with Crippen LogP contribution >= 0.6 is 0 Å². The van der Waals surface area contributed by atoms with Crippen molar-refractivity contribution in [1.29, 1.82) is 0 Å². The van der Waals surface area contributed by atoms with Crippen LogP contribution in [0, 0.1) is 0 Å². The van der Waals surface area contributed by atoms with Crippen LogP contribution in [0.25, 0.3) is 11.5 Å². The van der Waals surface area contributed by atoms with Crippen molar-refractivity contribution < 1.29 is 14.0 Å². The summed E-state index contributed by atoms with van der Waals surface area (Å²) >= 11 is 0. The molecule has 3 heterocycles. The largest absolute Gasteiger partial charge is 0.463 e. The second-order valence-electron chi connectivity index (χ2n) is 10.3. The lowest BCUT2D eigenvalue weighted by atomic mass is 9.91. The number of nitrogens with zero attached hydrogens (tertiary/aromatic N) is 2. The summed E-state index contributed by atoms with van der Waals surface area (Å²) in [7, 11) is 0. The maximum Gasteiger partial charge on any atom is 0.271 e. The number of fused-ring (bicyclic) bond motifs is 1. The van der Waals surface area contributed by atoms with E-state index in [0.29, 0.717) is 24.5 Å². The average Bonchev–Trinajstić information content (AvgIpc) is 3.47. The van der Waals surface area contributed by atoms with E-state index in [9.17, 15) is 9.59 Å². The summed E-state index contributed by atoms with van der Waals surface area (Å²) in [4.78, 5) is 29.7. The van der Waals surface area contributed by atoms with Gasteiger partial charge in [-0.2, -0.15) is 0 Å². The summed E-state index contributed by atoms with van der Waals surface area (Å²) in [5, 5.41) is 3.34. The fourth-order valence-electron chi connectivity index (χ4n) is 5.62. The normalized spacial score (nSPS) is 21.9. The summed E-state index contributed by atoms with van der Waals surface area (Å²) < 4.78 is 7.60. The van der Waals surface area contributed by atoms with Crippen LogP contribution in [0.2, 0.25) is 0 Å². The van der Waals surface area contributed by atoms with Crippen LogP contribution in [0.1, 0.15) is 74.3 Å². The number of rotatable bonds is 6. The molecule has 2 aromatic heterocycles. The maximum absolute atomic E-state index is 14.0. The molecule has 0 spiro atoms. The van der Waals surface area contributed by atoms with Crippen molar-refractivity contribution in [3.05, 3.63) is 72.1 Å². The maximum atomic E-state index is 14.0. The van der Waals surface area contributed by atoms with E-state index in [1.54, 1.807) is 11.2 Å². The van der Waals surface area contributed by atoms with Gasteiger partial charge in [-0.1, -0.05) is 62.9 Å². The van der Waals surface area contributed by atoms with Gasteiger partial charge in [0.25, 0.3) is 5.91 Å². The van der Waals surface area contributed by atoms with Crippen molar-refractivity contribution in [2.45, 2.75) is 76.4 Å². The molecule has 1 aliphatic carbocycles. The summed E-state index contributed by atoms with van der Waals surface area (Å²) in [5.74, 6) is 0.607. The van der Waals surface area contributed by atoms with Crippen LogP contribution in [-0.4, -0.2) is 39.4 Å². The molecule has 1 fully saturated rings. The number of aromatic nitrogens is 1. The number of carbonyl (C=O) groups is 2. The van der Waals surface area contributed by atoms with Crippen molar-refractivity contribution >= 4 is 11.8 Å². The molecular weight excluding hydrogens is 438 g/mol. The fourth-order valence-corrected chi connectivity index (χ4v) is 5.62. The summed E-state index contributed by atoms with van der Waals surface area (Å²) in [5.41, 5.74) is 1.56. The number of furan rings is 1. The number of hydrogen-bond donors (Lipinski definition) is 1. The van der Waals surface area contributed by atoms with E-state index in [1.807, 2.05) is 54.0 Å². The highest BCUT2D eigenvalue weighted by molar-refractivity contribution is 6.00. The molecule has 0 radical (unpaired) electrons. The second kappa shape index (κ2) is 9.76. The second-order valence-corrected chi connectivity index (χ2v) is 10.3. The van der Waals surface area contributed by atoms with Crippen molar-refractivity contribution in [2.75, 3.05) is 6.54 Å². The van der Waals surface area contributed by atoms with Crippen molar-refractivity contribution in [1.82, 2.24) is 14.8 Å². The van der Waals surface area contributed by atoms with Gasteiger partial charge in [-0.3, -0.25) is 9.59 Å². The molecule has 1 saturated carbocycles. The highest BCUT2D eigenvalue weighted by atomic mass is 16.3. The highest BCUT2D eigenvalue weighted by Crippen LogP contribution is 2.35. The molecule has 6 heteroatoms. The van der Waals surface area contributed by atoms with E-state index in [0.717, 1.165) is 36.9 Å². The number of benzene rings is 1. The summed E-state index contributed by atoms with van der Waals surface area (Å²) in [6.45, 7) is 4.90. The molecule has 1 aromatic carbocycles. The molecule has 3 aromatic rings. The van der Waals surface area contributed by atoms with Gasteiger partial charge in [0, 0.05) is 12.6 Å². The molecule has 0 bridgehead atoms. The van der Waals surface area contributed by atoms with Crippen LogP contribution in [0.15, 0.2) is 65.3 Å². The number of carbonyl (C=O) groups excluding carboxylic acids is 2. The lowest BCUT2D eigenvalue weighted by Gasteiger charge is -2.45. The molecule has 35 heavy (non-hydrogen) atoms. The predicted octanol–water partition coefficient (Wildman–Crippen LogP) is 5.61. The third-order valence-corrected chi connectivity index (χ3v) is 7.78. The Bertz CT molecular complexity index is 1160. The van der Waals surface area contributed by atoms with E-state index in [4.69, 9.17) is 4.42 Å². The topological polar surface area (TPSA) is 67.5 Å². The van der Waals surface area contributed by atoms with Gasteiger partial charge in [-0.05, 0) is 55.5 Å². The van der Waals surface area contributed by atoms with E-state index in [-0.39, 0.29) is 23.8 Å². The third-order valence-electron chi connectivity index (χ3n) is 7.78. The van der Waals surface area contributed by atoms with E-state index < -0.39 is 5.54 Å². The Hall–Kier alpha value is -3.28. The smallest absolute Gasteiger partial charge is 0.271 e. The van der Waals surface area contributed by atoms with Crippen molar-refractivity contribution in [2.24, 2.45) is 0 Å². The Kier molecular flexibility index (Phi) is 6.54. The van der Waals surface area contributed by atoms with Gasteiger partial charge in [0.05, 0.1) is 18.5 Å². The molecule has 2 aliphatic rings. The molecule has 2 atom stereocenters. The van der Waals surface area contributed by atoms with E-state index >= 15 is 0 Å². The zero-order valence-electron chi connectivity index (χ0n) is 20.7. The molecule has 2 amide bonds. The SMILES string of the molecule is CC(CN1C(=O)c2ccc(-c3ccco3)n2CC1(C)C(=O)NC1CCCCCC1)c1ccccc1. The van der Waals surface area contributed by atoms with Crippen molar-refractivity contribution in [3.63, 3.8) is 0 Å². The first-order valence-electron chi connectivity index (χ1n) is 12.9. The number of amides is 2. The predicted molar refractivity (Wildman–Crippen MR) is 136 cm³/mol. The van der Waals surface area contributed by atoms with Gasteiger partial charge in [-0.15, -0.1) is 0 Å². The minimum atomic E-state index is -1.01. The molecular formula is C29H35N3O3. The van der Waals surface area contributed by atoms with Gasteiger partial charge < -0.3 is 19.2 Å². The van der Waals surface area contributed by atoms with Gasteiger partial charge in [0.1, 0.15) is 17.0 Å². The quantitative estimate of drug-likeness (QED) is 0.474. The summed E-state index contributed by atoms with van der Waals surface area (Å²) in [6, 6.07) is 17.9. The fraction of sp³-hybridized carbons (Fsp3) is 0.448. The standard InChI is InChI=1S/C29H35N3O3/c1-21(22-11-6-5-7-12-22)19-32-27(33)25-17-16-24(26-15-10-18-35-26)31(25)20-29(32,2)28(34)30-23-13-8-3-4-9-14-23/h5-7,10-12,15-18,21,23H,3-4,8-9,13-14,19-20H2,1-2H3,(H,30,34). The average molecular weight is 474 g/mol. The minimum Gasteiger partial charge on any atom is -0.463 e. The molecule has 0 saturated heterocycles. The molecule has 184 valence electrons. The van der Waals surface area contributed by atoms with Crippen molar-refractivity contribution in [3.8, 4) is 11.5 Å². The van der Waals surface area contributed by atoms with E-state index in [2.05, 4.69) is 24.4 Å². The van der Waals surface area contributed by atoms with Crippen LogP contribution < -0.4 is 5.32 Å². The number of nitrogens with one attached hydrogen (secondary N) is 1. The van der Waals surface area contributed by atoms with Gasteiger partial charge in [0.15, 0.2) is 0 Å². The Morgan fingerprint density at radius 3 is 2.43 bits per heavy atom. The highest BCUT2D eigenvalue weighted by Gasteiger charge is 2.48. The monoisotopic (exact) mass is 473 g/mol. The summed E-state index contributed by atoms with van der Waals surface area (Å²) in [6.07, 6.45) is 8.36. The first-order chi connectivity index (χ1) is 17.0. The molecule has 6 nitrogen and oxygen atoms in total. The first-order valence-corrected chi connectivity index (χ1v) is 12.9. The van der Waals surface area contributed by atoms with Crippen LogP contribution in [0.5, 0.6) is 0 Å². The molecule has 5 rings (SSSR count). The first kappa shape index (κ1) is 23.5. The lowest BCUT2D eigenvalue weighted by molar-refractivity contribution is -0.133. The zero-order chi connectivity index (χ0) is 24.4. The Morgan fingerprint density at radius 2 is 1.74 bits per heavy atom. The molecule has 1 N–H and O–H groups in total. The van der Waals surface area contributed by atoms with Crippen LogP contribution in [0.4, 0.5) is 0 Å². The molecule has 1 aliphatic heterocycles. The van der Waals surface area contributed by atoms with Gasteiger partial charge in [0.2, 0.25) is 5.91 Å².